The third-order valence-electron chi connectivity index (χ3n) is 4.90. The first kappa shape index (κ1) is 15.3. The minimum atomic E-state index is 0.371. The smallest absolute Gasteiger partial charge is 0.123 e. The van der Waals surface area contributed by atoms with Gasteiger partial charge in [-0.2, -0.15) is 0 Å². The normalized spacial score (nSPS) is 22.4. The number of ether oxygens (including phenoxy) is 1. The van der Waals surface area contributed by atoms with Gasteiger partial charge in [0.25, 0.3) is 0 Å². The standard InChI is InChI=1S/C17H25BrN2O/c1-21-16-6-5-15(18)11-14(16)12-20-10-9-19-17(13-20)7-3-2-4-8-17/h5-6,11,19H,2-4,7-10,12-13H2,1H3. The molecule has 21 heavy (non-hydrogen) atoms. The second-order valence-corrected chi connectivity index (χ2v) is 7.35. The summed E-state index contributed by atoms with van der Waals surface area (Å²) in [5, 5.41) is 3.81. The fourth-order valence-corrected chi connectivity index (χ4v) is 4.26. The number of benzene rings is 1. The van der Waals surface area contributed by atoms with Crippen molar-refractivity contribution in [1.29, 1.82) is 0 Å². The Morgan fingerprint density at radius 3 is 2.86 bits per heavy atom. The maximum Gasteiger partial charge on any atom is 0.123 e. The van der Waals surface area contributed by atoms with Crippen LogP contribution in [0.3, 0.4) is 0 Å². The average molecular weight is 353 g/mol. The Hall–Kier alpha value is -0.580. The van der Waals surface area contributed by atoms with Crippen LogP contribution in [-0.4, -0.2) is 37.2 Å². The number of nitrogens with one attached hydrogen (secondary N) is 1. The molecule has 0 unspecified atom stereocenters. The number of methoxy groups -OCH3 is 1. The van der Waals surface area contributed by atoms with E-state index < -0.39 is 0 Å². The van der Waals surface area contributed by atoms with Crippen molar-refractivity contribution in [2.45, 2.75) is 44.2 Å². The summed E-state index contributed by atoms with van der Waals surface area (Å²) in [5.74, 6) is 0.995. The summed E-state index contributed by atoms with van der Waals surface area (Å²) < 4.78 is 6.64. The van der Waals surface area contributed by atoms with Crippen LogP contribution in [0.1, 0.15) is 37.7 Å². The van der Waals surface area contributed by atoms with Crippen molar-refractivity contribution in [2.75, 3.05) is 26.7 Å². The molecule has 4 heteroatoms. The Morgan fingerprint density at radius 1 is 1.29 bits per heavy atom. The summed E-state index contributed by atoms with van der Waals surface area (Å²) in [6.45, 7) is 4.38. The Bertz CT molecular complexity index is 480. The number of piperazine rings is 1. The lowest BCUT2D eigenvalue weighted by atomic mass is 9.80. The Balaban J connectivity index is 1.71. The molecule has 0 radical (unpaired) electrons. The molecule has 0 aromatic heterocycles. The highest BCUT2D eigenvalue weighted by Crippen LogP contribution is 2.32. The lowest BCUT2D eigenvalue weighted by molar-refractivity contribution is 0.0939. The first-order valence-corrected chi connectivity index (χ1v) is 8.80. The van der Waals surface area contributed by atoms with E-state index in [1.54, 1.807) is 7.11 Å². The first-order valence-electron chi connectivity index (χ1n) is 8.01. The summed E-state index contributed by atoms with van der Waals surface area (Å²) in [5.41, 5.74) is 1.65. The van der Waals surface area contributed by atoms with Crippen LogP contribution in [0.25, 0.3) is 0 Å². The minimum absolute atomic E-state index is 0.371. The van der Waals surface area contributed by atoms with E-state index in [0.29, 0.717) is 5.54 Å². The molecule has 1 aromatic rings. The molecule has 1 saturated heterocycles. The Morgan fingerprint density at radius 2 is 2.10 bits per heavy atom. The molecule has 1 spiro atoms. The van der Waals surface area contributed by atoms with E-state index in [1.165, 1.54) is 44.2 Å². The SMILES string of the molecule is COc1ccc(Br)cc1CN1CCNC2(CCCCC2)C1. The van der Waals surface area contributed by atoms with E-state index in [2.05, 4.69) is 38.3 Å². The molecule has 2 aliphatic rings. The van der Waals surface area contributed by atoms with Gasteiger partial charge in [0.2, 0.25) is 0 Å². The van der Waals surface area contributed by atoms with Gasteiger partial charge in [0, 0.05) is 41.8 Å². The fraction of sp³-hybridized carbons (Fsp3) is 0.647. The lowest BCUT2D eigenvalue weighted by Crippen LogP contribution is -2.60. The van der Waals surface area contributed by atoms with E-state index in [4.69, 9.17) is 4.74 Å². The van der Waals surface area contributed by atoms with Crippen LogP contribution in [0.5, 0.6) is 5.75 Å². The molecular formula is C17H25BrN2O. The maximum atomic E-state index is 5.52. The quantitative estimate of drug-likeness (QED) is 0.899. The van der Waals surface area contributed by atoms with E-state index in [-0.39, 0.29) is 0 Å². The van der Waals surface area contributed by atoms with Crippen LogP contribution in [0.2, 0.25) is 0 Å². The molecule has 1 saturated carbocycles. The first-order chi connectivity index (χ1) is 10.2. The van der Waals surface area contributed by atoms with Gasteiger partial charge >= 0.3 is 0 Å². The van der Waals surface area contributed by atoms with Crippen molar-refractivity contribution in [2.24, 2.45) is 0 Å². The zero-order valence-corrected chi connectivity index (χ0v) is 14.4. The van der Waals surface area contributed by atoms with E-state index in [9.17, 15) is 0 Å². The molecule has 116 valence electrons. The zero-order valence-electron chi connectivity index (χ0n) is 12.8. The van der Waals surface area contributed by atoms with Gasteiger partial charge in [-0.15, -0.1) is 0 Å². The fourth-order valence-electron chi connectivity index (χ4n) is 3.85. The molecule has 0 bridgehead atoms. The van der Waals surface area contributed by atoms with Gasteiger partial charge < -0.3 is 10.1 Å². The highest BCUT2D eigenvalue weighted by atomic mass is 79.9. The molecule has 0 atom stereocenters. The van der Waals surface area contributed by atoms with E-state index in [1.807, 2.05) is 6.07 Å². The third-order valence-corrected chi connectivity index (χ3v) is 5.39. The second kappa shape index (κ2) is 6.67. The van der Waals surface area contributed by atoms with E-state index in [0.717, 1.165) is 29.9 Å². The second-order valence-electron chi connectivity index (χ2n) is 6.43. The highest BCUT2D eigenvalue weighted by Gasteiger charge is 2.36. The van der Waals surface area contributed by atoms with Crippen molar-refractivity contribution < 1.29 is 4.74 Å². The number of hydrogen-bond acceptors (Lipinski definition) is 3. The zero-order chi connectivity index (χ0) is 14.7. The Labute approximate surface area is 136 Å². The average Bonchev–Trinajstić information content (AvgIpc) is 2.48. The molecule has 1 aliphatic carbocycles. The van der Waals surface area contributed by atoms with Crippen LogP contribution in [0.4, 0.5) is 0 Å². The van der Waals surface area contributed by atoms with Crippen molar-refractivity contribution in [3.05, 3.63) is 28.2 Å². The van der Waals surface area contributed by atoms with Crippen LogP contribution >= 0.6 is 15.9 Å². The summed E-state index contributed by atoms with van der Waals surface area (Å²) in [6.07, 6.45) is 6.82. The number of nitrogens with zero attached hydrogens (tertiary/aromatic N) is 1. The van der Waals surface area contributed by atoms with Gasteiger partial charge in [0.05, 0.1) is 7.11 Å². The van der Waals surface area contributed by atoms with Crippen molar-refractivity contribution >= 4 is 15.9 Å². The van der Waals surface area contributed by atoms with Crippen LogP contribution in [-0.2, 0) is 6.54 Å². The van der Waals surface area contributed by atoms with Crippen molar-refractivity contribution in [1.82, 2.24) is 10.2 Å². The lowest BCUT2D eigenvalue weighted by Gasteiger charge is -2.46. The largest absolute Gasteiger partial charge is 0.496 e. The molecular weight excluding hydrogens is 328 g/mol. The van der Waals surface area contributed by atoms with Crippen LogP contribution in [0.15, 0.2) is 22.7 Å². The summed E-state index contributed by atoms with van der Waals surface area (Å²) in [6, 6.07) is 6.29. The van der Waals surface area contributed by atoms with Gasteiger partial charge in [0.15, 0.2) is 0 Å². The van der Waals surface area contributed by atoms with E-state index >= 15 is 0 Å². The van der Waals surface area contributed by atoms with Gasteiger partial charge in [-0.3, -0.25) is 4.90 Å². The monoisotopic (exact) mass is 352 g/mol. The molecule has 1 N–H and O–H groups in total. The molecule has 1 heterocycles. The summed E-state index contributed by atoms with van der Waals surface area (Å²) in [4.78, 5) is 2.59. The molecule has 1 aliphatic heterocycles. The number of rotatable bonds is 3. The van der Waals surface area contributed by atoms with Gasteiger partial charge in [0.1, 0.15) is 5.75 Å². The van der Waals surface area contributed by atoms with Gasteiger partial charge in [-0.25, -0.2) is 0 Å². The Kier molecular flexibility index (Phi) is 4.87. The predicted molar refractivity (Wildman–Crippen MR) is 89.8 cm³/mol. The van der Waals surface area contributed by atoms with Gasteiger partial charge in [-0.1, -0.05) is 35.2 Å². The van der Waals surface area contributed by atoms with Crippen molar-refractivity contribution in [3.8, 4) is 5.75 Å². The number of hydrogen-bond donors (Lipinski definition) is 1. The topological polar surface area (TPSA) is 24.5 Å². The highest BCUT2D eigenvalue weighted by molar-refractivity contribution is 9.10. The van der Waals surface area contributed by atoms with Crippen LogP contribution in [0, 0.1) is 0 Å². The summed E-state index contributed by atoms with van der Waals surface area (Å²) >= 11 is 3.57. The molecule has 2 fully saturated rings. The van der Waals surface area contributed by atoms with Crippen molar-refractivity contribution in [3.63, 3.8) is 0 Å². The summed E-state index contributed by atoms with van der Waals surface area (Å²) in [7, 11) is 1.76. The number of halogens is 1. The van der Waals surface area contributed by atoms with Gasteiger partial charge in [-0.05, 0) is 31.0 Å². The maximum absolute atomic E-state index is 5.52. The van der Waals surface area contributed by atoms with Crippen LogP contribution < -0.4 is 10.1 Å². The molecule has 0 amide bonds. The third kappa shape index (κ3) is 3.61. The minimum Gasteiger partial charge on any atom is -0.496 e. The predicted octanol–water partition coefficient (Wildman–Crippen LogP) is 3.57. The molecule has 1 aromatic carbocycles. The molecule has 3 rings (SSSR count). The molecule has 3 nitrogen and oxygen atoms in total.